The lowest BCUT2D eigenvalue weighted by molar-refractivity contribution is -0.121. The third kappa shape index (κ3) is 4.51. The Bertz CT molecular complexity index is 407. The number of carbonyl (C=O) groups is 1. The van der Waals surface area contributed by atoms with Crippen LogP contribution in [0.25, 0.3) is 0 Å². The maximum Gasteiger partial charge on any atom is 0.220 e. The maximum atomic E-state index is 11.5. The number of ether oxygens (including phenoxy) is 1. The Kier molecular flexibility index (Phi) is 6.47. The Hall–Kier alpha value is -1.32. The second-order valence-electron chi connectivity index (χ2n) is 3.88. The number of hydrogen-bond donors (Lipinski definition) is 1. The average molecular weight is 268 g/mol. The Morgan fingerprint density at radius 1 is 1.56 bits per heavy atom. The summed E-state index contributed by atoms with van der Waals surface area (Å²) in [6, 6.07) is 7.46. The number of hydrogen-bond acceptors (Lipinski definition) is 2. The fraction of sp³-hybridized carbons (Fsp3) is 0.357. The lowest BCUT2D eigenvalue weighted by Crippen LogP contribution is -2.28. The van der Waals surface area contributed by atoms with Crippen LogP contribution in [0.4, 0.5) is 0 Å². The van der Waals surface area contributed by atoms with Gasteiger partial charge in [-0.25, -0.2) is 0 Å². The third-order valence-corrected chi connectivity index (χ3v) is 2.94. The van der Waals surface area contributed by atoms with Gasteiger partial charge in [0.1, 0.15) is 6.10 Å². The lowest BCUT2D eigenvalue weighted by atomic mass is 10.1. The predicted octanol–water partition coefficient (Wildman–Crippen LogP) is 3.11. The van der Waals surface area contributed by atoms with Crippen LogP contribution in [0.2, 0.25) is 5.02 Å². The van der Waals surface area contributed by atoms with E-state index in [0.717, 1.165) is 5.56 Å². The van der Waals surface area contributed by atoms with Gasteiger partial charge in [-0.05, 0) is 12.5 Å². The molecule has 3 nitrogen and oxygen atoms in total. The minimum Gasteiger partial charge on any atom is -0.375 e. The number of rotatable bonds is 7. The van der Waals surface area contributed by atoms with E-state index in [0.29, 0.717) is 24.4 Å². The van der Waals surface area contributed by atoms with Crippen LogP contribution in [-0.4, -0.2) is 19.6 Å². The molecule has 1 amide bonds. The van der Waals surface area contributed by atoms with Gasteiger partial charge in [-0.15, -0.1) is 6.58 Å². The zero-order chi connectivity index (χ0) is 13.4. The highest BCUT2D eigenvalue weighted by atomic mass is 35.5. The Morgan fingerprint density at radius 3 is 2.89 bits per heavy atom. The van der Waals surface area contributed by atoms with Crippen molar-refractivity contribution in [2.24, 2.45) is 0 Å². The number of halogens is 1. The quantitative estimate of drug-likeness (QED) is 0.771. The molecule has 0 bridgehead atoms. The van der Waals surface area contributed by atoms with Gasteiger partial charge in [0.2, 0.25) is 5.91 Å². The zero-order valence-electron chi connectivity index (χ0n) is 10.5. The summed E-state index contributed by atoms with van der Waals surface area (Å²) in [7, 11) is 1.60. The van der Waals surface area contributed by atoms with Gasteiger partial charge in [-0.2, -0.15) is 0 Å². The molecule has 0 aliphatic carbocycles. The van der Waals surface area contributed by atoms with E-state index >= 15 is 0 Å². The molecular formula is C14H18ClNO2. The van der Waals surface area contributed by atoms with Crippen molar-refractivity contribution in [3.8, 4) is 0 Å². The van der Waals surface area contributed by atoms with E-state index in [1.165, 1.54) is 0 Å². The molecule has 0 fully saturated rings. The zero-order valence-corrected chi connectivity index (χ0v) is 11.2. The summed E-state index contributed by atoms with van der Waals surface area (Å²) < 4.78 is 5.35. The van der Waals surface area contributed by atoms with Gasteiger partial charge in [0.25, 0.3) is 0 Å². The summed E-state index contributed by atoms with van der Waals surface area (Å²) >= 11 is 6.09. The molecule has 98 valence electrons. The van der Waals surface area contributed by atoms with Gasteiger partial charge in [-0.1, -0.05) is 35.9 Å². The number of amides is 1. The van der Waals surface area contributed by atoms with Gasteiger partial charge in [0.15, 0.2) is 0 Å². The van der Waals surface area contributed by atoms with Gasteiger partial charge in [0.05, 0.1) is 0 Å². The molecular weight excluding hydrogens is 250 g/mol. The standard InChI is InChI=1S/C14H18ClNO2/c1-3-4-9-14(17)16-10-13(18-2)11-7-5-6-8-12(11)15/h3,5-8,13H,1,4,9-10H2,2H3,(H,16,17). The van der Waals surface area contributed by atoms with Crippen LogP contribution in [0.3, 0.4) is 0 Å². The molecule has 1 aromatic carbocycles. The topological polar surface area (TPSA) is 38.3 Å². The van der Waals surface area contributed by atoms with E-state index < -0.39 is 0 Å². The van der Waals surface area contributed by atoms with Crippen LogP contribution in [0.1, 0.15) is 24.5 Å². The van der Waals surface area contributed by atoms with E-state index in [1.54, 1.807) is 13.2 Å². The largest absolute Gasteiger partial charge is 0.375 e. The van der Waals surface area contributed by atoms with Crippen molar-refractivity contribution >= 4 is 17.5 Å². The van der Waals surface area contributed by atoms with Gasteiger partial charge >= 0.3 is 0 Å². The van der Waals surface area contributed by atoms with Crippen molar-refractivity contribution in [3.63, 3.8) is 0 Å². The normalized spacial score (nSPS) is 11.9. The summed E-state index contributed by atoms with van der Waals surface area (Å²) in [5, 5.41) is 3.47. The van der Waals surface area contributed by atoms with E-state index in [1.807, 2.05) is 24.3 Å². The Labute approximate surface area is 113 Å². The second kappa shape index (κ2) is 7.90. The summed E-state index contributed by atoms with van der Waals surface area (Å²) in [6.45, 7) is 3.99. The first-order valence-electron chi connectivity index (χ1n) is 5.83. The minimum atomic E-state index is -0.230. The maximum absolute atomic E-state index is 11.5. The summed E-state index contributed by atoms with van der Waals surface area (Å²) in [6.07, 6.45) is 2.62. The van der Waals surface area contributed by atoms with Crippen molar-refractivity contribution < 1.29 is 9.53 Å². The van der Waals surface area contributed by atoms with Crippen LogP contribution in [0.5, 0.6) is 0 Å². The Balaban J connectivity index is 2.55. The predicted molar refractivity (Wildman–Crippen MR) is 73.6 cm³/mol. The second-order valence-corrected chi connectivity index (χ2v) is 4.28. The average Bonchev–Trinajstić information content (AvgIpc) is 2.39. The fourth-order valence-electron chi connectivity index (χ4n) is 1.58. The van der Waals surface area contributed by atoms with Crippen LogP contribution in [0.15, 0.2) is 36.9 Å². The molecule has 0 radical (unpaired) electrons. The monoisotopic (exact) mass is 267 g/mol. The van der Waals surface area contributed by atoms with Crippen LogP contribution in [-0.2, 0) is 9.53 Å². The first-order valence-corrected chi connectivity index (χ1v) is 6.21. The van der Waals surface area contributed by atoms with E-state index in [2.05, 4.69) is 11.9 Å². The SMILES string of the molecule is C=CCCC(=O)NCC(OC)c1ccccc1Cl. The molecule has 1 N–H and O–H groups in total. The van der Waals surface area contributed by atoms with Crippen molar-refractivity contribution in [2.45, 2.75) is 18.9 Å². The first-order chi connectivity index (χ1) is 8.69. The van der Waals surface area contributed by atoms with Crippen molar-refractivity contribution in [1.82, 2.24) is 5.32 Å². The van der Waals surface area contributed by atoms with E-state index in [-0.39, 0.29) is 12.0 Å². The first kappa shape index (κ1) is 14.7. The summed E-state index contributed by atoms with van der Waals surface area (Å²) in [5.41, 5.74) is 0.880. The summed E-state index contributed by atoms with van der Waals surface area (Å²) in [4.78, 5) is 11.5. The molecule has 0 saturated carbocycles. The lowest BCUT2D eigenvalue weighted by Gasteiger charge is -2.17. The highest BCUT2D eigenvalue weighted by molar-refractivity contribution is 6.31. The minimum absolute atomic E-state index is 0.0102. The molecule has 1 unspecified atom stereocenters. The molecule has 1 atom stereocenters. The fourth-order valence-corrected chi connectivity index (χ4v) is 1.84. The molecule has 4 heteroatoms. The molecule has 18 heavy (non-hydrogen) atoms. The summed E-state index contributed by atoms with van der Waals surface area (Å²) in [5.74, 6) is -0.0102. The molecule has 0 aliphatic rings. The Morgan fingerprint density at radius 2 is 2.28 bits per heavy atom. The van der Waals surface area contributed by atoms with E-state index in [4.69, 9.17) is 16.3 Å². The number of carbonyl (C=O) groups excluding carboxylic acids is 1. The van der Waals surface area contributed by atoms with Crippen molar-refractivity contribution in [1.29, 1.82) is 0 Å². The highest BCUT2D eigenvalue weighted by Crippen LogP contribution is 2.24. The molecule has 0 heterocycles. The number of nitrogens with one attached hydrogen (secondary N) is 1. The number of methoxy groups -OCH3 is 1. The van der Waals surface area contributed by atoms with Crippen molar-refractivity contribution in [3.05, 3.63) is 47.5 Å². The van der Waals surface area contributed by atoms with Crippen LogP contribution >= 0.6 is 11.6 Å². The molecule has 1 aromatic rings. The van der Waals surface area contributed by atoms with Crippen LogP contribution in [0, 0.1) is 0 Å². The van der Waals surface area contributed by atoms with Gasteiger partial charge in [0, 0.05) is 30.7 Å². The number of allylic oxidation sites excluding steroid dienone is 1. The van der Waals surface area contributed by atoms with E-state index in [9.17, 15) is 4.79 Å². The van der Waals surface area contributed by atoms with Gasteiger partial charge in [-0.3, -0.25) is 4.79 Å². The van der Waals surface area contributed by atoms with Gasteiger partial charge < -0.3 is 10.1 Å². The smallest absolute Gasteiger partial charge is 0.220 e. The molecule has 1 rings (SSSR count). The highest BCUT2D eigenvalue weighted by Gasteiger charge is 2.14. The third-order valence-electron chi connectivity index (χ3n) is 2.60. The molecule has 0 aliphatic heterocycles. The molecule has 0 saturated heterocycles. The molecule has 0 spiro atoms. The van der Waals surface area contributed by atoms with Crippen LogP contribution < -0.4 is 5.32 Å². The van der Waals surface area contributed by atoms with Crippen molar-refractivity contribution in [2.75, 3.05) is 13.7 Å². The molecule has 0 aromatic heterocycles. The number of benzene rings is 1.